The Morgan fingerprint density at radius 3 is 2.20 bits per heavy atom. The normalized spacial score (nSPS) is 21.0. The Bertz CT molecular complexity index is 1020. The van der Waals surface area contributed by atoms with E-state index in [1.54, 1.807) is 31.4 Å². The Labute approximate surface area is 174 Å². The van der Waals surface area contributed by atoms with Gasteiger partial charge in [0, 0.05) is 30.0 Å². The lowest BCUT2D eigenvalue weighted by molar-refractivity contribution is -0.122. The van der Waals surface area contributed by atoms with Gasteiger partial charge in [-0.2, -0.15) is 0 Å². The zero-order valence-corrected chi connectivity index (χ0v) is 16.9. The molecule has 0 radical (unpaired) electrons. The second-order valence-corrected chi connectivity index (χ2v) is 7.61. The molecule has 2 aromatic carbocycles. The van der Waals surface area contributed by atoms with Crippen LogP contribution in [-0.2, 0) is 14.3 Å². The fourth-order valence-electron chi connectivity index (χ4n) is 4.33. The number of benzene rings is 2. The molecule has 1 heterocycles. The molecule has 0 spiro atoms. The molecule has 1 N–H and O–H groups in total. The minimum atomic E-state index is -0.418. The summed E-state index contributed by atoms with van der Waals surface area (Å²) in [6.07, 6.45) is 1.23. The molecule has 6 heteroatoms. The molecular weight excluding hydrogens is 382 g/mol. The molecule has 30 heavy (non-hydrogen) atoms. The molecule has 1 aliphatic carbocycles. The van der Waals surface area contributed by atoms with E-state index in [2.05, 4.69) is 5.32 Å². The van der Waals surface area contributed by atoms with Gasteiger partial charge in [0.2, 0.25) is 5.91 Å². The van der Waals surface area contributed by atoms with Crippen molar-refractivity contribution >= 4 is 17.7 Å². The largest absolute Gasteiger partial charge is 0.497 e. The number of nitrogens with one attached hydrogen (secondary N) is 1. The van der Waals surface area contributed by atoms with Crippen LogP contribution < -0.4 is 10.1 Å². The van der Waals surface area contributed by atoms with Gasteiger partial charge in [0.1, 0.15) is 5.75 Å². The van der Waals surface area contributed by atoms with Gasteiger partial charge in [0.25, 0.3) is 0 Å². The minimum Gasteiger partial charge on any atom is -0.497 e. The third-order valence-electron chi connectivity index (χ3n) is 5.86. The molecule has 4 rings (SSSR count). The summed E-state index contributed by atoms with van der Waals surface area (Å²) in [6.45, 7) is 0. The van der Waals surface area contributed by atoms with E-state index in [9.17, 15) is 14.4 Å². The van der Waals surface area contributed by atoms with Gasteiger partial charge in [-0.05, 0) is 47.7 Å². The van der Waals surface area contributed by atoms with Crippen LogP contribution in [0.15, 0.2) is 59.8 Å². The van der Waals surface area contributed by atoms with E-state index in [-0.39, 0.29) is 29.9 Å². The lowest BCUT2D eigenvalue weighted by atomic mass is 9.73. The highest BCUT2D eigenvalue weighted by atomic mass is 16.5. The molecular formula is C24H23NO5. The van der Waals surface area contributed by atoms with Crippen LogP contribution in [0, 0.1) is 0 Å². The van der Waals surface area contributed by atoms with Gasteiger partial charge in [-0.3, -0.25) is 9.59 Å². The first kappa shape index (κ1) is 19.9. The van der Waals surface area contributed by atoms with Crippen molar-refractivity contribution in [2.75, 3.05) is 14.2 Å². The van der Waals surface area contributed by atoms with Crippen LogP contribution in [0.25, 0.3) is 0 Å². The Kier molecular flexibility index (Phi) is 5.40. The lowest BCUT2D eigenvalue weighted by Gasteiger charge is -2.34. The molecule has 1 aliphatic heterocycles. The number of ketones is 1. The molecule has 2 aromatic rings. The summed E-state index contributed by atoms with van der Waals surface area (Å²) in [5.41, 5.74) is 3.73. The van der Waals surface area contributed by atoms with Gasteiger partial charge in [-0.1, -0.05) is 24.3 Å². The molecule has 0 saturated heterocycles. The number of esters is 1. The number of amides is 1. The van der Waals surface area contributed by atoms with Crippen LogP contribution >= 0.6 is 0 Å². The predicted molar refractivity (Wildman–Crippen MR) is 110 cm³/mol. The maximum Gasteiger partial charge on any atom is 0.337 e. The van der Waals surface area contributed by atoms with Gasteiger partial charge in [0.15, 0.2) is 5.78 Å². The molecule has 1 amide bonds. The average Bonchev–Trinajstić information content (AvgIpc) is 2.77. The molecule has 2 aliphatic rings. The monoisotopic (exact) mass is 405 g/mol. The van der Waals surface area contributed by atoms with E-state index < -0.39 is 5.97 Å². The van der Waals surface area contributed by atoms with E-state index in [4.69, 9.17) is 9.47 Å². The van der Waals surface area contributed by atoms with Crippen LogP contribution in [0.3, 0.4) is 0 Å². The number of methoxy groups -OCH3 is 2. The minimum absolute atomic E-state index is 0.0166. The van der Waals surface area contributed by atoms with E-state index in [1.165, 1.54) is 7.11 Å². The Morgan fingerprint density at radius 2 is 1.57 bits per heavy atom. The number of hydrogen-bond donors (Lipinski definition) is 1. The topological polar surface area (TPSA) is 81.7 Å². The van der Waals surface area contributed by atoms with Crippen LogP contribution in [0.5, 0.6) is 5.75 Å². The number of ether oxygens (including phenoxy) is 2. The summed E-state index contributed by atoms with van der Waals surface area (Å²) in [5, 5.41) is 2.93. The average molecular weight is 405 g/mol. The predicted octanol–water partition coefficient (Wildman–Crippen LogP) is 3.49. The van der Waals surface area contributed by atoms with Crippen LogP contribution in [0.1, 0.15) is 52.6 Å². The van der Waals surface area contributed by atoms with Gasteiger partial charge in [0.05, 0.1) is 19.8 Å². The molecule has 0 aromatic heterocycles. The smallest absolute Gasteiger partial charge is 0.337 e. The first-order valence-corrected chi connectivity index (χ1v) is 9.88. The second-order valence-electron chi connectivity index (χ2n) is 7.61. The van der Waals surface area contributed by atoms with Gasteiger partial charge >= 0.3 is 5.97 Å². The SMILES string of the molecule is COC(=O)c1ccc([C@H]2CC(=O)NC3=C2C(=O)C[C@@H](c2ccc(OC)cc2)C3)cc1. The maximum atomic E-state index is 13.1. The number of carbonyl (C=O) groups is 3. The van der Waals surface area contributed by atoms with E-state index in [0.29, 0.717) is 29.7 Å². The Morgan fingerprint density at radius 1 is 0.900 bits per heavy atom. The molecule has 6 nitrogen and oxygen atoms in total. The quantitative estimate of drug-likeness (QED) is 0.788. The zero-order chi connectivity index (χ0) is 21.3. The van der Waals surface area contributed by atoms with Crippen molar-refractivity contribution in [3.63, 3.8) is 0 Å². The summed E-state index contributed by atoms with van der Waals surface area (Å²) >= 11 is 0. The highest BCUT2D eigenvalue weighted by Crippen LogP contribution is 2.42. The lowest BCUT2D eigenvalue weighted by Crippen LogP contribution is -2.38. The maximum absolute atomic E-state index is 13.1. The van der Waals surface area contributed by atoms with Gasteiger partial charge in [-0.15, -0.1) is 0 Å². The summed E-state index contributed by atoms with van der Waals surface area (Å²) in [6, 6.07) is 14.6. The van der Waals surface area contributed by atoms with Gasteiger partial charge in [-0.25, -0.2) is 4.79 Å². The summed E-state index contributed by atoms with van der Waals surface area (Å²) in [4.78, 5) is 37.2. The van der Waals surface area contributed by atoms with Crippen molar-refractivity contribution in [3.05, 3.63) is 76.5 Å². The van der Waals surface area contributed by atoms with Crippen LogP contribution in [0.2, 0.25) is 0 Å². The van der Waals surface area contributed by atoms with Crippen LogP contribution in [-0.4, -0.2) is 31.9 Å². The summed E-state index contributed by atoms with van der Waals surface area (Å²) < 4.78 is 9.94. The van der Waals surface area contributed by atoms with E-state index in [0.717, 1.165) is 16.9 Å². The highest BCUT2D eigenvalue weighted by Gasteiger charge is 2.38. The van der Waals surface area contributed by atoms with Crippen molar-refractivity contribution in [3.8, 4) is 5.75 Å². The molecule has 2 atom stereocenters. The number of allylic oxidation sites excluding steroid dienone is 2. The molecule has 0 fully saturated rings. The van der Waals surface area contributed by atoms with Crippen molar-refractivity contribution in [1.29, 1.82) is 0 Å². The zero-order valence-electron chi connectivity index (χ0n) is 16.9. The molecule has 154 valence electrons. The van der Waals surface area contributed by atoms with Crippen molar-refractivity contribution < 1.29 is 23.9 Å². The van der Waals surface area contributed by atoms with E-state index in [1.807, 2.05) is 24.3 Å². The van der Waals surface area contributed by atoms with Crippen LogP contribution in [0.4, 0.5) is 0 Å². The summed E-state index contributed by atoms with van der Waals surface area (Å²) in [7, 11) is 2.95. The number of carbonyl (C=O) groups excluding carboxylic acids is 3. The van der Waals surface area contributed by atoms with Crippen molar-refractivity contribution in [2.45, 2.75) is 31.1 Å². The number of rotatable bonds is 4. The first-order chi connectivity index (χ1) is 14.5. The number of hydrogen-bond acceptors (Lipinski definition) is 5. The van der Waals surface area contributed by atoms with Crippen molar-refractivity contribution in [1.82, 2.24) is 5.32 Å². The molecule has 0 saturated carbocycles. The highest BCUT2D eigenvalue weighted by molar-refractivity contribution is 6.02. The van der Waals surface area contributed by atoms with E-state index >= 15 is 0 Å². The first-order valence-electron chi connectivity index (χ1n) is 9.88. The standard InChI is InChI=1S/C24H23NO5/c1-29-18-9-7-14(8-10-18)17-11-20-23(21(26)12-17)19(13-22(27)25-20)15-3-5-16(6-4-15)24(28)30-2/h3-10,17,19H,11-13H2,1-2H3,(H,25,27)/t17-,19+/m0/s1. The second kappa shape index (κ2) is 8.14. The van der Waals surface area contributed by atoms with Gasteiger partial charge < -0.3 is 14.8 Å². The third-order valence-corrected chi connectivity index (χ3v) is 5.86. The Balaban J connectivity index is 1.64. The molecule has 0 unspecified atom stereocenters. The Hall–Kier alpha value is -3.41. The summed E-state index contributed by atoms with van der Waals surface area (Å²) in [5.74, 6) is 0.0203. The number of Topliss-reactive ketones (excluding diaryl/α,β-unsaturated/α-hetero) is 1. The van der Waals surface area contributed by atoms with Crippen molar-refractivity contribution in [2.24, 2.45) is 0 Å². The third kappa shape index (κ3) is 3.73. The molecule has 0 bridgehead atoms. The fraction of sp³-hybridized carbons (Fsp3) is 0.292. The fourth-order valence-corrected chi connectivity index (χ4v) is 4.33.